The van der Waals surface area contributed by atoms with Gasteiger partial charge in [-0.3, -0.25) is 0 Å². The van der Waals surface area contributed by atoms with E-state index in [2.05, 4.69) is 145 Å². The lowest BCUT2D eigenvalue weighted by Crippen LogP contribution is -2.17. The van der Waals surface area contributed by atoms with Gasteiger partial charge in [0.1, 0.15) is 36.2 Å². The summed E-state index contributed by atoms with van der Waals surface area (Å²) in [6.07, 6.45) is 6.23. The van der Waals surface area contributed by atoms with Gasteiger partial charge in [-0.15, -0.1) is 0 Å². The highest BCUT2D eigenvalue weighted by atomic mass is 16.5. The second-order valence-corrected chi connectivity index (χ2v) is 19.8. The molecule has 0 atom stereocenters. The fraction of sp³-hybridized carbons (Fsp3) is 0.462. The standard InChI is InChI=1S/C52H68O4/c1-17-19-55-47-37-21-33-25-41(49(3,4)5)27-35(45(33)53-15)23-39-31-44(52(12,13)14)32-40(48(39)56-20-18-2)24-36-28-42(50(6,7)8)26-34(46(36)54-16)22-38(47)30-43(29-37)51(9,10)11/h17-18,25-32H,1-2,19-24H2,3-16H3. The summed E-state index contributed by atoms with van der Waals surface area (Å²) in [5.74, 6) is 3.61. The van der Waals surface area contributed by atoms with Crippen molar-refractivity contribution < 1.29 is 18.9 Å². The Morgan fingerprint density at radius 1 is 0.393 bits per heavy atom. The fourth-order valence-corrected chi connectivity index (χ4v) is 7.80. The molecule has 0 heterocycles. The average molecular weight is 757 g/mol. The van der Waals surface area contributed by atoms with Crippen LogP contribution in [0.3, 0.4) is 0 Å². The molecule has 0 N–H and O–H groups in total. The van der Waals surface area contributed by atoms with Crippen LogP contribution in [-0.2, 0) is 47.3 Å². The molecule has 56 heavy (non-hydrogen) atoms. The van der Waals surface area contributed by atoms with E-state index in [1.807, 2.05) is 12.2 Å². The zero-order valence-corrected chi connectivity index (χ0v) is 37.1. The lowest BCUT2D eigenvalue weighted by Gasteiger charge is -2.29. The monoisotopic (exact) mass is 757 g/mol. The molecule has 4 nitrogen and oxygen atoms in total. The summed E-state index contributed by atoms with van der Waals surface area (Å²) < 4.78 is 26.3. The lowest BCUT2D eigenvalue weighted by atomic mass is 9.79. The third kappa shape index (κ3) is 9.39. The summed E-state index contributed by atoms with van der Waals surface area (Å²) in [5.41, 5.74) is 13.8. The molecule has 0 saturated heterocycles. The van der Waals surface area contributed by atoms with Gasteiger partial charge in [0.05, 0.1) is 14.2 Å². The lowest BCUT2D eigenvalue weighted by molar-refractivity contribution is 0.354. The van der Waals surface area contributed by atoms with Crippen molar-refractivity contribution in [2.75, 3.05) is 27.4 Å². The Bertz CT molecular complexity index is 1840. The van der Waals surface area contributed by atoms with Crippen LogP contribution in [0.25, 0.3) is 0 Å². The zero-order chi connectivity index (χ0) is 41.4. The van der Waals surface area contributed by atoms with Gasteiger partial charge in [-0.2, -0.15) is 0 Å². The Morgan fingerprint density at radius 3 is 0.750 bits per heavy atom. The molecular weight excluding hydrogens is 689 g/mol. The van der Waals surface area contributed by atoms with Crippen LogP contribution in [0, 0.1) is 0 Å². The minimum atomic E-state index is -0.0956. The quantitative estimate of drug-likeness (QED) is 0.148. The van der Waals surface area contributed by atoms with Crippen LogP contribution < -0.4 is 18.9 Å². The van der Waals surface area contributed by atoms with Crippen LogP contribution in [0.2, 0.25) is 0 Å². The van der Waals surface area contributed by atoms with Crippen LogP contribution in [0.15, 0.2) is 73.8 Å². The highest BCUT2D eigenvalue weighted by Crippen LogP contribution is 2.44. The van der Waals surface area contributed by atoms with E-state index < -0.39 is 0 Å². The Balaban J connectivity index is 2.00. The Kier molecular flexibility index (Phi) is 12.4. The van der Waals surface area contributed by atoms with Crippen LogP contribution in [-0.4, -0.2) is 27.4 Å². The first-order chi connectivity index (χ1) is 26.1. The van der Waals surface area contributed by atoms with Crippen LogP contribution >= 0.6 is 0 Å². The summed E-state index contributed by atoms with van der Waals surface area (Å²) in [7, 11) is 3.61. The van der Waals surface area contributed by atoms with Crippen molar-refractivity contribution in [3.8, 4) is 23.0 Å². The molecule has 0 spiro atoms. The topological polar surface area (TPSA) is 36.9 Å². The van der Waals surface area contributed by atoms with Gasteiger partial charge in [0, 0.05) is 25.7 Å². The van der Waals surface area contributed by atoms with Crippen molar-refractivity contribution in [3.63, 3.8) is 0 Å². The van der Waals surface area contributed by atoms with E-state index in [4.69, 9.17) is 18.9 Å². The number of rotatable bonds is 8. The van der Waals surface area contributed by atoms with Crippen LogP contribution in [0.5, 0.6) is 23.0 Å². The maximum Gasteiger partial charge on any atom is 0.126 e. The summed E-state index contributed by atoms with van der Waals surface area (Å²) in [5, 5.41) is 0. The van der Waals surface area contributed by atoms with Crippen LogP contribution in [0.4, 0.5) is 0 Å². The Hall–Kier alpha value is -4.44. The number of fused-ring (bicyclic) bond motifs is 8. The summed E-state index contributed by atoms with van der Waals surface area (Å²) in [6, 6.07) is 18.8. The minimum absolute atomic E-state index is 0.0954. The summed E-state index contributed by atoms with van der Waals surface area (Å²) >= 11 is 0. The zero-order valence-electron chi connectivity index (χ0n) is 37.1. The van der Waals surface area contributed by atoms with Gasteiger partial charge in [-0.1, -0.05) is 157 Å². The molecule has 4 aromatic carbocycles. The molecule has 0 aromatic heterocycles. The number of benzene rings is 4. The number of hydrogen-bond donors (Lipinski definition) is 0. The Morgan fingerprint density at radius 2 is 0.589 bits per heavy atom. The number of ether oxygens (including phenoxy) is 4. The summed E-state index contributed by atoms with van der Waals surface area (Å²) in [6.45, 7) is 36.3. The van der Waals surface area contributed by atoms with E-state index in [0.29, 0.717) is 38.9 Å². The van der Waals surface area contributed by atoms with E-state index in [1.165, 1.54) is 22.3 Å². The van der Waals surface area contributed by atoms with Crippen molar-refractivity contribution in [1.29, 1.82) is 0 Å². The predicted octanol–water partition coefficient (Wildman–Crippen LogP) is 12.7. The molecule has 1 aliphatic rings. The number of methoxy groups -OCH3 is 2. The molecule has 0 aliphatic heterocycles. The maximum atomic E-state index is 6.72. The van der Waals surface area contributed by atoms with E-state index in [1.54, 1.807) is 14.2 Å². The highest BCUT2D eigenvalue weighted by molar-refractivity contribution is 5.60. The van der Waals surface area contributed by atoms with Crippen LogP contribution in [0.1, 0.15) is 150 Å². The smallest absolute Gasteiger partial charge is 0.126 e. The molecule has 0 fully saturated rings. The molecule has 300 valence electrons. The van der Waals surface area contributed by atoms with Gasteiger partial charge < -0.3 is 18.9 Å². The van der Waals surface area contributed by atoms with Gasteiger partial charge in [-0.05, 0) is 88.4 Å². The average Bonchev–Trinajstić information content (AvgIpc) is 3.08. The van der Waals surface area contributed by atoms with Gasteiger partial charge in [0.25, 0.3) is 0 Å². The van der Waals surface area contributed by atoms with Gasteiger partial charge in [0.2, 0.25) is 0 Å². The minimum Gasteiger partial charge on any atom is -0.496 e. The van der Waals surface area contributed by atoms with Gasteiger partial charge in [-0.25, -0.2) is 0 Å². The Labute approximate surface area is 339 Å². The van der Waals surface area contributed by atoms with Crippen molar-refractivity contribution in [1.82, 2.24) is 0 Å². The molecule has 0 amide bonds. The summed E-state index contributed by atoms with van der Waals surface area (Å²) in [4.78, 5) is 0. The number of hydrogen-bond acceptors (Lipinski definition) is 4. The van der Waals surface area contributed by atoms with Crippen molar-refractivity contribution in [3.05, 3.63) is 141 Å². The third-order valence-electron chi connectivity index (χ3n) is 11.1. The van der Waals surface area contributed by atoms with Crippen molar-refractivity contribution in [2.45, 2.75) is 130 Å². The van der Waals surface area contributed by atoms with E-state index >= 15 is 0 Å². The molecule has 8 bridgehead atoms. The molecular formula is C52H68O4. The molecule has 4 heteroatoms. The maximum absolute atomic E-state index is 6.72. The fourth-order valence-electron chi connectivity index (χ4n) is 7.80. The van der Waals surface area contributed by atoms with E-state index in [-0.39, 0.29) is 21.7 Å². The van der Waals surface area contributed by atoms with Crippen molar-refractivity contribution >= 4 is 0 Å². The third-order valence-corrected chi connectivity index (χ3v) is 11.1. The molecule has 0 radical (unpaired) electrons. The normalized spacial score (nSPS) is 13.5. The molecule has 4 aromatic rings. The first-order valence-electron chi connectivity index (χ1n) is 20.3. The van der Waals surface area contributed by atoms with Crippen molar-refractivity contribution in [2.24, 2.45) is 0 Å². The SMILES string of the molecule is C=CCOc1c2cc(C(C)(C)C)cc1Cc1cc(C(C)(C)C)cc(c1OC)Cc1cc(C(C)(C)C)cc(c1OCC=C)Cc1cc(C(C)(C)C)cc(c1OC)C2. The van der Waals surface area contributed by atoms with Gasteiger partial charge >= 0.3 is 0 Å². The first-order valence-corrected chi connectivity index (χ1v) is 20.3. The van der Waals surface area contributed by atoms with Gasteiger partial charge in [0.15, 0.2) is 0 Å². The second kappa shape index (κ2) is 16.2. The molecule has 1 aliphatic carbocycles. The van der Waals surface area contributed by atoms with E-state index in [9.17, 15) is 0 Å². The predicted molar refractivity (Wildman–Crippen MR) is 236 cm³/mol. The first kappa shape index (κ1) is 42.7. The largest absolute Gasteiger partial charge is 0.496 e. The molecule has 5 rings (SSSR count). The molecule has 0 unspecified atom stereocenters. The van der Waals surface area contributed by atoms with E-state index in [0.717, 1.165) is 67.5 Å². The second-order valence-electron chi connectivity index (χ2n) is 19.8. The highest BCUT2D eigenvalue weighted by Gasteiger charge is 2.29. The molecule has 0 saturated carbocycles.